The Hall–Kier alpha value is -6.32. The van der Waals surface area contributed by atoms with Gasteiger partial charge in [0.2, 0.25) is 0 Å². The van der Waals surface area contributed by atoms with E-state index in [0.29, 0.717) is 0 Å². The molecule has 0 N–H and O–H groups in total. The highest BCUT2D eigenvalue weighted by Gasteiger charge is 2.45. The zero-order valence-corrected chi connectivity index (χ0v) is 40.1. The van der Waals surface area contributed by atoms with E-state index in [-0.39, 0.29) is 28.5 Å². The maximum atomic E-state index is 2.79. The van der Waals surface area contributed by atoms with Gasteiger partial charge >= 0.3 is 6.85 Å². The van der Waals surface area contributed by atoms with E-state index in [2.05, 4.69) is 220 Å². The molecule has 0 bridgehead atoms. The van der Waals surface area contributed by atoms with Gasteiger partial charge in [-0.15, -0.1) is 0 Å². The Morgan fingerprint density at radius 3 is 1.58 bits per heavy atom. The van der Waals surface area contributed by atoms with Gasteiger partial charge in [0.15, 0.2) is 0 Å². The molecular formula is C62H57BN2. The molecule has 0 atom stereocenters. The van der Waals surface area contributed by atoms with Crippen molar-refractivity contribution in [3.05, 3.63) is 150 Å². The first-order valence-electron chi connectivity index (χ1n) is 23.9. The molecule has 13 rings (SSSR count). The lowest BCUT2D eigenvalue weighted by molar-refractivity contribution is 0.590. The van der Waals surface area contributed by atoms with Crippen molar-refractivity contribution in [2.45, 2.75) is 105 Å². The summed E-state index contributed by atoms with van der Waals surface area (Å²) in [6, 6.07) is 50.5. The topological polar surface area (TPSA) is 9.86 Å². The Kier molecular flexibility index (Phi) is 7.40. The summed E-state index contributed by atoms with van der Waals surface area (Å²) in [6.45, 7) is 28.4. The molecule has 4 heterocycles. The van der Waals surface area contributed by atoms with Crippen molar-refractivity contribution in [1.29, 1.82) is 0 Å². The normalized spacial score (nSPS) is 14.1. The first kappa shape index (κ1) is 39.1. The van der Waals surface area contributed by atoms with Crippen LogP contribution in [0.1, 0.15) is 105 Å². The molecule has 65 heavy (non-hydrogen) atoms. The van der Waals surface area contributed by atoms with E-state index in [4.69, 9.17) is 0 Å². The van der Waals surface area contributed by atoms with E-state index in [0.717, 1.165) is 0 Å². The third-order valence-corrected chi connectivity index (χ3v) is 15.6. The third-order valence-electron chi connectivity index (χ3n) is 15.6. The molecule has 2 aromatic heterocycles. The predicted molar refractivity (Wildman–Crippen MR) is 284 cm³/mol. The Balaban J connectivity index is 1.35. The lowest BCUT2D eigenvalue weighted by Crippen LogP contribution is -2.55. The van der Waals surface area contributed by atoms with Crippen LogP contribution in [0.4, 0.5) is 0 Å². The fourth-order valence-corrected chi connectivity index (χ4v) is 12.1. The molecule has 0 saturated carbocycles. The molecule has 2 aliphatic rings. The molecule has 0 radical (unpaired) electrons. The smallest absolute Gasteiger partial charge is 0.333 e. The van der Waals surface area contributed by atoms with Crippen LogP contribution in [0.15, 0.2) is 127 Å². The third kappa shape index (κ3) is 5.13. The zero-order valence-electron chi connectivity index (χ0n) is 40.1. The fraction of sp³-hybridized carbons (Fsp3) is 0.258. The summed E-state index contributed by atoms with van der Waals surface area (Å²) in [5, 5.41) is 13.4. The number of hydrogen-bond donors (Lipinski definition) is 0. The van der Waals surface area contributed by atoms with Gasteiger partial charge in [0.1, 0.15) is 0 Å². The quantitative estimate of drug-likeness (QED) is 0.115. The first-order valence-corrected chi connectivity index (χ1v) is 23.9. The number of fused-ring (bicyclic) bond motifs is 12. The van der Waals surface area contributed by atoms with Crippen LogP contribution in [0.5, 0.6) is 0 Å². The highest BCUT2D eigenvalue weighted by Crippen LogP contribution is 2.52. The number of nitrogens with zero attached hydrogens (tertiary/aromatic N) is 2. The summed E-state index contributed by atoms with van der Waals surface area (Å²) >= 11 is 0. The second-order valence-corrected chi connectivity index (χ2v) is 23.8. The van der Waals surface area contributed by atoms with Crippen molar-refractivity contribution >= 4 is 93.7 Å². The van der Waals surface area contributed by atoms with Gasteiger partial charge in [0.25, 0.3) is 0 Å². The number of benzene rings is 9. The zero-order chi connectivity index (χ0) is 45.0. The molecule has 0 saturated heterocycles. The van der Waals surface area contributed by atoms with Crippen LogP contribution in [0.3, 0.4) is 0 Å². The minimum absolute atomic E-state index is 0.0101. The summed E-state index contributed by atoms with van der Waals surface area (Å²) in [4.78, 5) is 0. The van der Waals surface area contributed by atoms with Gasteiger partial charge in [-0.3, -0.25) is 0 Å². The Labute approximate surface area is 383 Å². The van der Waals surface area contributed by atoms with Gasteiger partial charge in [-0.05, 0) is 130 Å². The second kappa shape index (κ2) is 12.3. The number of aromatic nitrogens is 2. The SMILES string of the molecule is CC(C)(C)c1ccc2c(c1)c1cc(C(C)(C)C)cc3c1n2B1c2c-3c3ccc4cccc5ccc(c2-n2c6c1cc(C(C)(C)C)cc6c1cc(C(C)(C)C)cc(-c6ccccc6)c12)c3c45. The largest absolute Gasteiger partial charge is 0.375 e. The van der Waals surface area contributed by atoms with Crippen molar-refractivity contribution in [2.75, 3.05) is 0 Å². The van der Waals surface area contributed by atoms with E-state index in [9.17, 15) is 0 Å². The van der Waals surface area contributed by atoms with Gasteiger partial charge in [-0.2, -0.15) is 0 Å². The Morgan fingerprint density at radius 1 is 0.400 bits per heavy atom. The van der Waals surface area contributed by atoms with Crippen molar-refractivity contribution in [3.8, 4) is 27.9 Å². The van der Waals surface area contributed by atoms with Crippen LogP contribution < -0.4 is 10.9 Å². The minimum Gasteiger partial charge on any atom is -0.375 e. The first-order chi connectivity index (χ1) is 30.8. The summed E-state index contributed by atoms with van der Waals surface area (Å²) in [5.41, 5.74) is 20.0. The van der Waals surface area contributed by atoms with Gasteiger partial charge < -0.3 is 9.05 Å². The van der Waals surface area contributed by atoms with Crippen LogP contribution in [0.25, 0.3) is 104 Å². The van der Waals surface area contributed by atoms with Crippen molar-refractivity contribution < 1.29 is 0 Å². The van der Waals surface area contributed by atoms with Crippen molar-refractivity contribution in [3.63, 3.8) is 0 Å². The van der Waals surface area contributed by atoms with E-state index < -0.39 is 0 Å². The van der Waals surface area contributed by atoms with Crippen molar-refractivity contribution in [2.24, 2.45) is 0 Å². The molecule has 318 valence electrons. The molecule has 0 unspecified atom stereocenters. The van der Waals surface area contributed by atoms with Crippen LogP contribution in [0, 0.1) is 0 Å². The number of hydrogen-bond acceptors (Lipinski definition) is 0. The van der Waals surface area contributed by atoms with E-state index in [1.165, 1.54) is 137 Å². The molecule has 0 spiro atoms. The molecule has 3 heteroatoms. The summed E-state index contributed by atoms with van der Waals surface area (Å²) < 4.78 is 5.56. The molecule has 0 aliphatic carbocycles. The van der Waals surface area contributed by atoms with Crippen LogP contribution in [-0.4, -0.2) is 15.9 Å². The maximum absolute atomic E-state index is 2.79. The average molecular weight is 841 g/mol. The molecule has 11 aromatic rings. The average Bonchev–Trinajstić information content (AvgIpc) is 3.77. The minimum atomic E-state index is -0.0799. The van der Waals surface area contributed by atoms with Crippen LogP contribution >= 0.6 is 0 Å². The van der Waals surface area contributed by atoms with Crippen molar-refractivity contribution in [1.82, 2.24) is 9.05 Å². The molecular weight excluding hydrogens is 784 g/mol. The fourth-order valence-electron chi connectivity index (χ4n) is 12.1. The van der Waals surface area contributed by atoms with Gasteiger partial charge in [-0.1, -0.05) is 168 Å². The van der Waals surface area contributed by atoms with Gasteiger partial charge in [-0.25, -0.2) is 0 Å². The highest BCUT2D eigenvalue weighted by molar-refractivity contribution is 6.90. The molecule has 2 nitrogen and oxygen atoms in total. The van der Waals surface area contributed by atoms with Crippen LogP contribution in [0.2, 0.25) is 0 Å². The molecule has 9 aromatic carbocycles. The summed E-state index contributed by atoms with van der Waals surface area (Å²) in [5.74, 6) is 0. The molecule has 2 aliphatic heterocycles. The second-order valence-electron chi connectivity index (χ2n) is 23.8. The van der Waals surface area contributed by atoms with Gasteiger partial charge in [0.05, 0.1) is 16.7 Å². The Morgan fingerprint density at radius 2 is 0.954 bits per heavy atom. The lowest BCUT2D eigenvalue weighted by Gasteiger charge is -2.37. The van der Waals surface area contributed by atoms with E-state index in [1.807, 2.05) is 0 Å². The highest BCUT2D eigenvalue weighted by atomic mass is 15.0. The monoisotopic (exact) mass is 840 g/mol. The summed E-state index contributed by atoms with van der Waals surface area (Å²) in [7, 11) is 0. The molecule has 0 fully saturated rings. The van der Waals surface area contributed by atoms with Crippen LogP contribution in [-0.2, 0) is 21.7 Å². The summed E-state index contributed by atoms with van der Waals surface area (Å²) in [6.07, 6.45) is 0. The van der Waals surface area contributed by atoms with E-state index >= 15 is 0 Å². The molecule has 0 amide bonds. The van der Waals surface area contributed by atoms with E-state index in [1.54, 1.807) is 0 Å². The lowest BCUT2D eigenvalue weighted by atomic mass is 9.44. The maximum Gasteiger partial charge on any atom is 0.333 e. The van der Waals surface area contributed by atoms with Gasteiger partial charge in [0, 0.05) is 54.5 Å². The predicted octanol–water partition coefficient (Wildman–Crippen LogP) is 15.6. The Bertz CT molecular complexity index is 3890. The number of rotatable bonds is 1. The standard InChI is InChI=1S/C62H57BN2/c1-59(2,3)37-23-26-50-44(27-37)45-29-39(61(7,8)9)32-48-53-41-24-21-35-19-16-20-36-22-25-42(52(41)51(35)36)58-54(53)63(65(50)56(45)48)49-33-40(62(10,11)12)31-47-46-30-38(60(4,5)6)28-43(34-17-14-13-15-18-34)55(46)64(58)57(47)49/h13-33H,1-12H3.